The number of esters is 1. The van der Waals surface area contributed by atoms with Crippen LogP contribution in [0.3, 0.4) is 0 Å². The van der Waals surface area contributed by atoms with Crippen LogP contribution in [0.5, 0.6) is 0 Å². The largest absolute Gasteiger partial charge is 0.481 e. The molecule has 0 radical (unpaired) electrons. The molecule has 1 aliphatic rings. The zero-order chi connectivity index (χ0) is 18.8. The fraction of sp³-hybridized carbons (Fsp3) is 0.842. The van der Waals surface area contributed by atoms with Gasteiger partial charge in [0.2, 0.25) is 0 Å². The number of carboxylic acids is 1. The monoisotopic (exact) mass is 356 g/mol. The highest BCUT2D eigenvalue weighted by Crippen LogP contribution is 2.33. The van der Waals surface area contributed by atoms with Crippen LogP contribution < -0.4 is 0 Å². The molecule has 0 bridgehead atoms. The number of carbonyl (C=O) groups excluding carboxylic acids is 2. The molecule has 0 unspecified atom stereocenters. The van der Waals surface area contributed by atoms with Crippen LogP contribution in [0.1, 0.15) is 71.6 Å². The first-order valence-electron chi connectivity index (χ1n) is 9.41. The lowest BCUT2D eigenvalue weighted by Crippen LogP contribution is -2.27. The molecule has 0 aliphatic heterocycles. The molecule has 0 spiro atoms. The Kier molecular flexibility index (Phi) is 9.71. The third-order valence-electron chi connectivity index (χ3n) is 5.19. The standard InChI is InChI=1S/C19H32O6/c1-3-13(2)19(24)25-12-15-7-5-4-6-14(15)8-9-16(20)10-17(21)11-18(22)23/h13-15,17,21H,3-12H2,1-2H3,(H,22,23)/t13-,14+,15+,17+/m0/s1. The summed E-state index contributed by atoms with van der Waals surface area (Å²) in [5.74, 6) is -0.804. The van der Waals surface area contributed by atoms with Gasteiger partial charge in [0.1, 0.15) is 5.78 Å². The van der Waals surface area contributed by atoms with Crippen LogP contribution in [0.2, 0.25) is 0 Å². The SMILES string of the molecule is CC[C@H](C)C(=O)OC[C@H]1CCCC[C@@H]1CCC(=O)C[C@@H](O)CC(=O)O. The molecule has 1 rings (SSSR count). The van der Waals surface area contributed by atoms with Crippen LogP contribution in [0, 0.1) is 17.8 Å². The average molecular weight is 356 g/mol. The minimum Gasteiger partial charge on any atom is -0.481 e. The van der Waals surface area contributed by atoms with Gasteiger partial charge in [0.05, 0.1) is 25.0 Å². The number of ether oxygens (including phenoxy) is 1. The first kappa shape index (κ1) is 21.6. The summed E-state index contributed by atoms with van der Waals surface area (Å²) in [7, 11) is 0. The van der Waals surface area contributed by atoms with E-state index in [9.17, 15) is 19.5 Å². The van der Waals surface area contributed by atoms with Crippen molar-refractivity contribution in [1.82, 2.24) is 0 Å². The van der Waals surface area contributed by atoms with Crippen molar-refractivity contribution in [2.24, 2.45) is 17.8 Å². The Morgan fingerprint density at radius 2 is 1.76 bits per heavy atom. The number of carbonyl (C=O) groups is 3. The van der Waals surface area contributed by atoms with Crippen LogP contribution in [0.4, 0.5) is 0 Å². The van der Waals surface area contributed by atoms with Crippen LogP contribution in [-0.2, 0) is 19.1 Å². The second-order valence-corrected chi connectivity index (χ2v) is 7.28. The Balaban J connectivity index is 2.39. The van der Waals surface area contributed by atoms with Gasteiger partial charge < -0.3 is 14.9 Å². The fourth-order valence-corrected chi connectivity index (χ4v) is 3.37. The van der Waals surface area contributed by atoms with E-state index in [1.165, 1.54) is 0 Å². The maximum Gasteiger partial charge on any atom is 0.308 e. The van der Waals surface area contributed by atoms with E-state index < -0.39 is 18.5 Å². The van der Waals surface area contributed by atoms with Gasteiger partial charge in [0.25, 0.3) is 0 Å². The summed E-state index contributed by atoms with van der Waals surface area (Å²) < 4.78 is 5.45. The lowest BCUT2D eigenvalue weighted by molar-refractivity contribution is -0.150. The van der Waals surface area contributed by atoms with E-state index in [0.717, 1.165) is 32.1 Å². The third kappa shape index (κ3) is 8.47. The van der Waals surface area contributed by atoms with Crippen molar-refractivity contribution in [1.29, 1.82) is 0 Å². The topological polar surface area (TPSA) is 101 Å². The number of hydrogen-bond acceptors (Lipinski definition) is 5. The number of carboxylic acid groups (broad SMARTS) is 1. The number of rotatable bonds is 11. The number of aliphatic carboxylic acids is 1. The lowest BCUT2D eigenvalue weighted by Gasteiger charge is -2.31. The van der Waals surface area contributed by atoms with Gasteiger partial charge in [-0.25, -0.2) is 0 Å². The molecule has 0 aromatic rings. The van der Waals surface area contributed by atoms with Gasteiger partial charge in [0.15, 0.2) is 0 Å². The molecule has 25 heavy (non-hydrogen) atoms. The number of ketones is 1. The zero-order valence-corrected chi connectivity index (χ0v) is 15.4. The molecule has 0 saturated heterocycles. The molecule has 0 aromatic carbocycles. The molecule has 1 saturated carbocycles. The van der Waals surface area contributed by atoms with E-state index in [1.54, 1.807) is 0 Å². The fourth-order valence-electron chi connectivity index (χ4n) is 3.37. The van der Waals surface area contributed by atoms with E-state index in [2.05, 4.69) is 0 Å². The summed E-state index contributed by atoms with van der Waals surface area (Å²) in [6.07, 6.45) is 4.48. The van der Waals surface area contributed by atoms with Crippen molar-refractivity contribution in [3.63, 3.8) is 0 Å². The Hall–Kier alpha value is -1.43. The highest BCUT2D eigenvalue weighted by molar-refractivity contribution is 5.79. The number of Topliss-reactive ketones (excluding diaryl/α,β-unsaturated/α-hetero) is 1. The van der Waals surface area contributed by atoms with Crippen molar-refractivity contribution in [3.05, 3.63) is 0 Å². The molecule has 4 atom stereocenters. The van der Waals surface area contributed by atoms with Crippen molar-refractivity contribution in [2.75, 3.05) is 6.61 Å². The van der Waals surface area contributed by atoms with Crippen molar-refractivity contribution < 1.29 is 29.3 Å². The Bertz CT molecular complexity index is 447. The van der Waals surface area contributed by atoms with Crippen molar-refractivity contribution in [2.45, 2.75) is 77.7 Å². The van der Waals surface area contributed by atoms with Gasteiger partial charge in [0, 0.05) is 12.8 Å². The Morgan fingerprint density at radius 3 is 2.36 bits per heavy atom. The quantitative estimate of drug-likeness (QED) is 0.552. The molecule has 6 heteroatoms. The van der Waals surface area contributed by atoms with Gasteiger partial charge in [-0.2, -0.15) is 0 Å². The molecule has 0 amide bonds. The number of aliphatic hydroxyl groups is 1. The minimum absolute atomic E-state index is 0.0839. The first-order chi connectivity index (χ1) is 11.8. The molecule has 6 nitrogen and oxygen atoms in total. The lowest BCUT2D eigenvalue weighted by atomic mass is 9.77. The first-order valence-corrected chi connectivity index (χ1v) is 9.41. The van der Waals surface area contributed by atoms with E-state index in [4.69, 9.17) is 9.84 Å². The molecular weight excluding hydrogens is 324 g/mol. The minimum atomic E-state index is -1.11. The van der Waals surface area contributed by atoms with Gasteiger partial charge in [-0.15, -0.1) is 0 Å². The molecule has 0 heterocycles. The van der Waals surface area contributed by atoms with Crippen LogP contribution in [-0.4, -0.2) is 40.6 Å². The van der Waals surface area contributed by atoms with Gasteiger partial charge in [-0.05, 0) is 31.1 Å². The maximum absolute atomic E-state index is 11.9. The molecule has 1 aliphatic carbocycles. The highest BCUT2D eigenvalue weighted by atomic mass is 16.5. The van der Waals surface area contributed by atoms with Gasteiger partial charge in [-0.3, -0.25) is 14.4 Å². The van der Waals surface area contributed by atoms with E-state index in [-0.39, 0.29) is 24.1 Å². The summed E-state index contributed by atoms with van der Waals surface area (Å²) in [5.41, 5.74) is 0. The van der Waals surface area contributed by atoms with Crippen molar-refractivity contribution in [3.8, 4) is 0 Å². The van der Waals surface area contributed by atoms with Crippen LogP contribution in [0.15, 0.2) is 0 Å². The summed E-state index contributed by atoms with van der Waals surface area (Å²) in [4.78, 5) is 34.3. The van der Waals surface area contributed by atoms with Crippen molar-refractivity contribution >= 4 is 17.7 Å². The summed E-state index contributed by atoms with van der Waals surface area (Å²) in [6, 6.07) is 0. The summed E-state index contributed by atoms with van der Waals surface area (Å²) in [5, 5.41) is 18.2. The Morgan fingerprint density at radius 1 is 1.12 bits per heavy atom. The smallest absolute Gasteiger partial charge is 0.308 e. The van der Waals surface area contributed by atoms with Gasteiger partial charge in [-0.1, -0.05) is 33.1 Å². The average Bonchev–Trinajstić information content (AvgIpc) is 2.56. The molecule has 1 fully saturated rings. The molecule has 144 valence electrons. The van der Waals surface area contributed by atoms with Gasteiger partial charge >= 0.3 is 11.9 Å². The second kappa shape index (κ2) is 11.2. The van der Waals surface area contributed by atoms with E-state index in [1.807, 2.05) is 13.8 Å². The summed E-state index contributed by atoms with van der Waals surface area (Å²) in [6.45, 7) is 4.24. The Labute approximate surface area is 149 Å². The second-order valence-electron chi connectivity index (χ2n) is 7.28. The van der Waals surface area contributed by atoms with E-state index in [0.29, 0.717) is 31.3 Å². The van der Waals surface area contributed by atoms with Crippen LogP contribution in [0.25, 0.3) is 0 Å². The molecule has 0 aromatic heterocycles. The normalized spacial score (nSPS) is 22.8. The number of hydrogen-bond donors (Lipinski definition) is 2. The third-order valence-corrected chi connectivity index (χ3v) is 5.19. The maximum atomic E-state index is 11.9. The number of aliphatic hydroxyl groups excluding tert-OH is 1. The molecule has 2 N–H and O–H groups in total. The predicted molar refractivity (Wildman–Crippen MR) is 93.0 cm³/mol. The van der Waals surface area contributed by atoms with Crippen LogP contribution >= 0.6 is 0 Å². The molecular formula is C19H32O6. The summed E-state index contributed by atoms with van der Waals surface area (Å²) >= 11 is 0. The van der Waals surface area contributed by atoms with E-state index >= 15 is 0 Å². The highest BCUT2D eigenvalue weighted by Gasteiger charge is 2.27. The zero-order valence-electron chi connectivity index (χ0n) is 15.4. The predicted octanol–water partition coefficient (Wildman–Crippen LogP) is 2.96.